The van der Waals surface area contributed by atoms with Crippen LogP contribution < -0.4 is 4.90 Å². The van der Waals surface area contributed by atoms with Gasteiger partial charge in [-0.1, -0.05) is 35.3 Å². The average Bonchev–Trinajstić information content (AvgIpc) is 3.19. The summed E-state index contributed by atoms with van der Waals surface area (Å²) in [6, 6.07) is 6.71. The molecule has 4 aromatic rings. The Bertz CT molecular complexity index is 1430. The van der Waals surface area contributed by atoms with Gasteiger partial charge in [-0.15, -0.1) is 0 Å². The number of aromatic amines is 1. The van der Waals surface area contributed by atoms with Crippen molar-refractivity contribution in [1.82, 2.24) is 15.0 Å². The summed E-state index contributed by atoms with van der Waals surface area (Å²) < 4.78 is 44.6. The number of H-pyrrole nitrogens is 1. The quantitative estimate of drug-likeness (QED) is 0.376. The smallest absolute Gasteiger partial charge is 0.322 e. The van der Waals surface area contributed by atoms with Crippen molar-refractivity contribution in [1.29, 1.82) is 0 Å². The fourth-order valence-electron chi connectivity index (χ4n) is 4.27. The summed E-state index contributed by atoms with van der Waals surface area (Å²) in [7, 11) is 0. The highest BCUT2D eigenvalue weighted by molar-refractivity contribution is 6.31. The fourth-order valence-corrected chi connectivity index (χ4v) is 4.42. The zero-order valence-corrected chi connectivity index (χ0v) is 17.5. The Morgan fingerprint density at radius 2 is 1.94 bits per heavy atom. The molecule has 1 aliphatic rings. The first-order chi connectivity index (χ1) is 15.4. The molecule has 1 aliphatic heterocycles. The summed E-state index contributed by atoms with van der Waals surface area (Å²) in [5.41, 5.74) is 1.89. The van der Waals surface area contributed by atoms with Crippen molar-refractivity contribution in [3.8, 4) is 0 Å². The third-order valence-corrected chi connectivity index (χ3v) is 6.07. The van der Waals surface area contributed by atoms with Crippen LogP contribution in [0.3, 0.4) is 0 Å². The molecule has 1 N–H and O–H groups in total. The van der Waals surface area contributed by atoms with Crippen LogP contribution in [0.4, 0.5) is 24.9 Å². The SMILES string of the molecule is [C-]#[N+]c1ccnc(N2CCc3c([nH]c4ccc(Cl)c(F)c34)C2c2ccc(C)c(F)c2F)n1. The third-order valence-electron chi connectivity index (χ3n) is 5.78. The van der Waals surface area contributed by atoms with Gasteiger partial charge in [-0.2, -0.15) is 0 Å². The monoisotopic (exact) mass is 453 g/mol. The second-order valence-electron chi connectivity index (χ2n) is 7.57. The molecule has 0 aliphatic carbocycles. The number of nitrogens with zero attached hydrogens (tertiary/aromatic N) is 4. The van der Waals surface area contributed by atoms with E-state index >= 15 is 4.39 Å². The average molecular weight is 454 g/mol. The lowest BCUT2D eigenvalue weighted by atomic mass is 9.91. The fraction of sp³-hybridized carbons (Fsp3) is 0.174. The van der Waals surface area contributed by atoms with E-state index in [1.807, 2.05) is 0 Å². The van der Waals surface area contributed by atoms with Crippen LogP contribution in [0.15, 0.2) is 36.5 Å². The molecule has 0 radical (unpaired) electrons. The molecule has 0 saturated carbocycles. The van der Waals surface area contributed by atoms with Crippen LogP contribution in [-0.4, -0.2) is 21.5 Å². The summed E-state index contributed by atoms with van der Waals surface area (Å²) in [6.07, 6.45) is 1.84. The molecule has 160 valence electrons. The number of rotatable bonds is 2. The Labute approximate surface area is 186 Å². The molecule has 0 fully saturated rings. The highest BCUT2D eigenvalue weighted by Crippen LogP contribution is 2.42. The second kappa shape index (κ2) is 7.53. The van der Waals surface area contributed by atoms with Crippen molar-refractivity contribution >= 4 is 34.3 Å². The van der Waals surface area contributed by atoms with Crippen molar-refractivity contribution in [2.45, 2.75) is 19.4 Å². The first-order valence-electron chi connectivity index (χ1n) is 9.80. The Kier molecular flexibility index (Phi) is 4.79. The van der Waals surface area contributed by atoms with E-state index in [-0.39, 0.29) is 27.9 Å². The van der Waals surface area contributed by atoms with Gasteiger partial charge in [-0.25, -0.2) is 18.2 Å². The van der Waals surface area contributed by atoms with Crippen LogP contribution in [0.2, 0.25) is 5.02 Å². The standard InChI is InChI=1S/C23H15ClF3N5/c1-11-3-4-13(19(26)18(11)25)22-21-12(17-15(30-21)6-5-14(24)20(17)27)8-10-32(22)23-29-9-7-16(28-2)31-23/h3-7,9,22,30H,8,10H2,1H3. The summed E-state index contributed by atoms with van der Waals surface area (Å²) >= 11 is 6.00. The molecule has 9 heteroatoms. The molecule has 0 spiro atoms. The zero-order valence-electron chi connectivity index (χ0n) is 16.8. The molecule has 1 atom stereocenters. The summed E-state index contributed by atoms with van der Waals surface area (Å²) in [6.45, 7) is 9.01. The van der Waals surface area contributed by atoms with Gasteiger partial charge in [-0.3, -0.25) is 0 Å². The number of nitrogens with one attached hydrogen (secondary N) is 1. The topological polar surface area (TPSA) is 49.2 Å². The van der Waals surface area contributed by atoms with Crippen LogP contribution in [0.5, 0.6) is 0 Å². The lowest BCUT2D eigenvalue weighted by Gasteiger charge is -2.35. The summed E-state index contributed by atoms with van der Waals surface area (Å²) in [4.78, 5) is 16.7. The molecule has 32 heavy (non-hydrogen) atoms. The largest absolute Gasteiger partial charge is 0.360 e. The highest BCUT2D eigenvalue weighted by Gasteiger charge is 2.37. The maximum absolute atomic E-state index is 15.2. The first kappa shape index (κ1) is 20.3. The predicted octanol–water partition coefficient (Wildman–Crippen LogP) is 6.04. The molecular formula is C23H15ClF3N5. The van der Waals surface area contributed by atoms with Crippen molar-refractivity contribution < 1.29 is 13.2 Å². The third kappa shape index (κ3) is 3.00. The molecule has 0 bridgehead atoms. The molecule has 2 aromatic heterocycles. The molecule has 5 nitrogen and oxygen atoms in total. The Morgan fingerprint density at radius 3 is 2.72 bits per heavy atom. The van der Waals surface area contributed by atoms with Gasteiger partial charge in [0, 0.05) is 34.9 Å². The van der Waals surface area contributed by atoms with Crippen LogP contribution in [0, 0.1) is 30.9 Å². The number of halogens is 4. The van der Waals surface area contributed by atoms with Gasteiger partial charge in [0.05, 0.1) is 5.02 Å². The minimum atomic E-state index is -0.994. The minimum absolute atomic E-state index is 0.0149. The lowest BCUT2D eigenvalue weighted by Crippen LogP contribution is -2.38. The highest BCUT2D eigenvalue weighted by atomic mass is 35.5. The predicted molar refractivity (Wildman–Crippen MR) is 116 cm³/mol. The first-order valence-corrected chi connectivity index (χ1v) is 10.2. The number of fused-ring (bicyclic) bond motifs is 3. The summed E-state index contributed by atoms with van der Waals surface area (Å²) in [5.74, 6) is -2.17. The maximum Gasteiger partial charge on any atom is 0.322 e. The minimum Gasteiger partial charge on any atom is -0.360 e. The molecule has 0 amide bonds. The van der Waals surface area contributed by atoms with E-state index in [1.54, 1.807) is 11.0 Å². The second-order valence-corrected chi connectivity index (χ2v) is 7.98. The molecular weight excluding hydrogens is 439 g/mol. The number of benzene rings is 2. The van der Waals surface area contributed by atoms with E-state index < -0.39 is 23.5 Å². The van der Waals surface area contributed by atoms with Gasteiger partial charge >= 0.3 is 5.95 Å². The Balaban J connectivity index is 1.79. The van der Waals surface area contributed by atoms with Gasteiger partial charge in [0.2, 0.25) is 0 Å². The van der Waals surface area contributed by atoms with E-state index in [4.69, 9.17) is 18.2 Å². The van der Waals surface area contributed by atoms with E-state index in [0.29, 0.717) is 35.1 Å². The number of hydrogen-bond acceptors (Lipinski definition) is 3. The summed E-state index contributed by atoms with van der Waals surface area (Å²) in [5, 5.41) is 0.319. The molecule has 0 saturated heterocycles. The van der Waals surface area contributed by atoms with Crippen molar-refractivity contribution in [2.75, 3.05) is 11.4 Å². The zero-order chi connectivity index (χ0) is 22.6. The Hall–Kier alpha value is -3.57. The van der Waals surface area contributed by atoms with Gasteiger partial charge in [0.25, 0.3) is 5.82 Å². The van der Waals surface area contributed by atoms with Crippen LogP contribution >= 0.6 is 11.6 Å². The Morgan fingerprint density at radius 1 is 1.12 bits per heavy atom. The molecule has 5 rings (SSSR count). The van der Waals surface area contributed by atoms with Crippen molar-refractivity contribution in [3.05, 3.63) is 92.8 Å². The number of anilines is 1. The van der Waals surface area contributed by atoms with Gasteiger partial charge in [0.15, 0.2) is 17.5 Å². The molecule has 1 unspecified atom stereocenters. The van der Waals surface area contributed by atoms with E-state index in [1.165, 1.54) is 37.4 Å². The lowest BCUT2D eigenvalue weighted by molar-refractivity contribution is 0.481. The van der Waals surface area contributed by atoms with Crippen molar-refractivity contribution in [3.63, 3.8) is 0 Å². The number of aromatic nitrogens is 3. The molecule has 3 heterocycles. The number of hydrogen-bond donors (Lipinski definition) is 1. The number of aryl methyl sites for hydroxylation is 1. The maximum atomic E-state index is 15.2. The van der Waals surface area contributed by atoms with Gasteiger partial charge < -0.3 is 14.7 Å². The van der Waals surface area contributed by atoms with Crippen LogP contribution in [0.1, 0.15) is 28.4 Å². The molecule has 2 aromatic carbocycles. The van der Waals surface area contributed by atoms with E-state index in [9.17, 15) is 8.78 Å². The van der Waals surface area contributed by atoms with Gasteiger partial charge in [0.1, 0.15) is 6.04 Å². The van der Waals surface area contributed by atoms with Crippen LogP contribution in [-0.2, 0) is 6.42 Å². The van der Waals surface area contributed by atoms with Crippen molar-refractivity contribution in [2.24, 2.45) is 0 Å². The van der Waals surface area contributed by atoms with E-state index in [0.717, 1.165) is 0 Å². The normalized spacial score (nSPS) is 15.6. The van der Waals surface area contributed by atoms with Gasteiger partial charge in [-0.05, 0) is 42.7 Å². The van der Waals surface area contributed by atoms with E-state index in [2.05, 4.69) is 19.8 Å². The van der Waals surface area contributed by atoms with Crippen LogP contribution in [0.25, 0.3) is 15.7 Å².